The lowest BCUT2D eigenvalue weighted by molar-refractivity contribution is -0.127. The lowest BCUT2D eigenvalue weighted by Crippen LogP contribution is -2.40. The van der Waals surface area contributed by atoms with Crippen LogP contribution in [-0.4, -0.2) is 23.2 Å². The quantitative estimate of drug-likeness (QED) is 0.874. The van der Waals surface area contributed by atoms with Crippen molar-refractivity contribution in [3.63, 3.8) is 0 Å². The average Bonchev–Trinajstić information content (AvgIpc) is 3.26. The Kier molecular flexibility index (Phi) is 4.41. The number of aliphatic hydroxyl groups is 1. The van der Waals surface area contributed by atoms with E-state index >= 15 is 0 Å². The Bertz CT molecular complexity index is 572. The molecule has 5 heteroatoms. The van der Waals surface area contributed by atoms with Crippen molar-refractivity contribution in [3.8, 4) is 0 Å². The van der Waals surface area contributed by atoms with Crippen molar-refractivity contribution in [2.24, 2.45) is 0 Å². The first-order valence-electron chi connectivity index (χ1n) is 8.38. The number of hydrogen-bond acceptors (Lipinski definition) is 2. The van der Waals surface area contributed by atoms with Crippen molar-refractivity contribution in [2.45, 2.75) is 62.4 Å². The monoisotopic (exact) mass is 323 g/mol. The molecule has 0 heterocycles. The van der Waals surface area contributed by atoms with E-state index in [4.69, 9.17) is 0 Å². The number of amides is 1. The zero-order chi connectivity index (χ0) is 16.5. The van der Waals surface area contributed by atoms with Crippen LogP contribution in [0.25, 0.3) is 0 Å². The lowest BCUT2D eigenvalue weighted by atomic mass is 9.82. The zero-order valence-electron chi connectivity index (χ0n) is 13.2. The maximum Gasteiger partial charge on any atom is 0.222 e. The molecule has 0 radical (unpaired) electrons. The average molecular weight is 323 g/mol. The second-order valence-corrected chi connectivity index (χ2v) is 7.12. The van der Waals surface area contributed by atoms with Crippen molar-refractivity contribution in [3.05, 3.63) is 35.4 Å². The molecule has 2 fully saturated rings. The zero-order valence-corrected chi connectivity index (χ0v) is 13.2. The minimum Gasteiger partial charge on any atom is -0.389 e. The third-order valence-corrected chi connectivity index (χ3v) is 5.24. The van der Waals surface area contributed by atoms with Crippen LogP contribution >= 0.6 is 0 Å². The van der Waals surface area contributed by atoms with Crippen LogP contribution in [0.1, 0.15) is 56.9 Å². The van der Waals surface area contributed by atoms with Crippen LogP contribution in [0.4, 0.5) is 8.78 Å². The van der Waals surface area contributed by atoms with Crippen LogP contribution in [0.15, 0.2) is 18.2 Å². The Labute approximate surface area is 135 Å². The summed E-state index contributed by atoms with van der Waals surface area (Å²) in [7, 11) is 0. The van der Waals surface area contributed by atoms with E-state index in [1.54, 1.807) is 0 Å². The number of carbonyl (C=O) groups excluding carboxylic acids is 1. The molecule has 0 aromatic heterocycles. The van der Waals surface area contributed by atoms with Gasteiger partial charge in [0, 0.05) is 17.5 Å². The number of benzene rings is 1. The fourth-order valence-corrected chi connectivity index (χ4v) is 3.69. The smallest absolute Gasteiger partial charge is 0.222 e. The fraction of sp³-hybridized carbons (Fsp3) is 0.611. The molecule has 1 aromatic rings. The highest BCUT2D eigenvalue weighted by molar-refractivity contribution is 5.77. The summed E-state index contributed by atoms with van der Waals surface area (Å²) in [4.78, 5) is 12.1. The molecular formula is C18H23F2NO2. The fourth-order valence-electron chi connectivity index (χ4n) is 3.69. The molecule has 1 amide bonds. The van der Waals surface area contributed by atoms with Gasteiger partial charge in [-0.1, -0.05) is 25.3 Å². The standard InChI is InChI=1S/C18H23F2NO2/c19-13-5-4-6-14(20)16(13)17(9-10-17)12-21-15(22)11-18(23)7-2-1-3-8-18/h4-6,23H,1-3,7-12H2,(H,21,22). The predicted molar refractivity (Wildman–Crippen MR) is 82.9 cm³/mol. The van der Waals surface area contributed by atoms with E-state index in [2.05, 4.69) is 5.32 Å². The normalized spacial score (nSPS) is 21.7. The van der Waals surface area contributed by atoms with Gasteiger partial charge in [0.25, 0.3) is 0 Å². The highest BCUT2D eigenvalue weighted by Crippen LogP contribution is 2.49. The summed E-state index contributed by atoms with van der Waals surface area (Å²) < 4.78 is 27.9. The van der Waals surface area contributed by atoms with Gasteiger partial charge in [0.1, 0.15) is 11.6 Å². The van der Waals surface area contributed by atoms with E-state index in [1.807, 2.05) is 0 Å². The van der Waals surface area contributed by atoms with E-state index in [-0.39, 0.29) is 24.4 Å². The van der Waals surface area contributed by atoms with Crippen LogP contribution in [0, 0.1) is 11.6 Å². The van der Waals surface area contributed by atoms with Crippen molar-refractivity contribution < 1.29 is 18.7 Å². The number of hydrogen-bond donors (Lipinski definition) is 2. The number of halogens is 2. The van der Waals surface area contributed by atoms with Gasteiger partial charge in [-0.2, -0.15) is 0 Å². The van der Waals surface area contributed by atoms with Crippen LogP contribution < -0.4 is 5.32 Å². The van der Waals surface area contributed by atoms with Crippen LogP contribution in [0.3, 0.4) is 0 Å². The largest absolute Gasteiger partial charge is 0.389 e. The first-order valence-corrected chi connectivity index (χ1v) is 8.38. The van der Waals surface area contributed by atoms with Crippen molar-refractivity contribution in [2.75, 3.05) is 6.54 Å². The molecule has 23 heavy (non-hydrogen) atoms. The van der Waals surface area contributed by atoms with Gasteiger partial charge in [0.05, 0.1) is 12.0 Å². The molecule has 3 rings (SSSR count). The van der Waals surface area contributed by atoms with Crippen LogP contribution in [0.5, 0.6) is 0 Å². The second kappa shape index (κ2) is 6.19. The van der Waals surface area contributed by atoms with Gasteiger partial charge in [0.2, 0.25) is 5.91 Å². The molecule has 0 aliphatic heterocycles. The number of rotatable bonds is 5. The summed E-state index contributed by atoms with van der Waals surface area (Å²) in [5.41, 5.74) is -1.46. The number of nitrogens with one attached hydrogen (secondary N) is 1. The molecule has 2 aliphatic carbocycles. The predicted octanol–water partition coefficient (Wildman–Crippen LogP) is 3.20. The Hall–Kier alpha value is -1.49. The van der Waals surface area contributed by atoms with Gasteiger partial charge in [-0.25, -0.2) is 8.78 Å². The minimum absolute atomic E-state index is 0.0723. The molecule has 0 unspecified atom stereocenters. The Balaban J connectivity index is 1.60. The third-order valence-electron chi connectivity index (χ3n) is 5.24. The molecule has 126 valence electrons. The summed E-state index contributed by atoms with van der Waals surface area (Å²) in [6.07, 6.45) is 5.66. The molecule has 0 spiro atoms. The molecule has 1 aromatic carbocycles. The molecule has 2 saturated carbocycles. The Morgan fingerprint density at radius 2 is 1.70 bits per heavy atom. The molecule has 2 N–H and O–H groups in total. The highest BCUT2D eigenvalue weighted by atomic mass is 19.1. The summed E-state index contributed by atoms with van der Waals surface area (Å²) in [5, 5.41) is 13.2. The highest BCUT2D eigenvalue weighted by Gasteiger charge is 2.48. The van der Waals surface area contributed by atoms with E-state index in [0.29, 0.717) is 25.7 Å². The van der Waals surface area contributed by atoms with Gasteiger partial charge in [0.15, 0.2) is 0 Å². The van der Waals surface area contributed by atoms with Crippen molar-refractivity contribution in [1.82, 2.24) is 5.32 Å². The van der Waals surface area contributed by atoms with Gasteiger partial charge in [-0.3, -0.25) is 4.79 Å². The molecule has 3 nitrogen and oxygen atoms in total. The Morgan fingerprint density at radius 3 is 2.26 bits per heavy atom. The summed E-state index contributed by atoms with van der Waals surface area (Å²) in [5.74, 6) is -1.34. The lowest BCUT2D eigenvalue weighted by Gasteiger charge is -2.31. The first-order chi connectivity index (χ1) is 10.9. The van der Waals surface area contributed by atoms with Crippen molar-refractivity contribution >= 4 is 5.91 Å². The van der Waals surface area contributed by atoms with E-state index in [0.717, 1.165) is 19.3 Å². The second-order valence-electron chi connectivity index (χ2n) is 7.12. The molecule has 0 saturated heterocycles. The van der Waals surface area contributed by atoms with E-state index < -0.39 is 22.7 Å². The van der Waals surface area contributed by atoms with Gasteiger partial charge in [-0.05, 0) is 37.8 Å². The molecular weight excluding hydrogens is 300 g/mol. The maximum absolute atomic E-state index is 14.0. The topological polar surface area (TPSA) is 49.3 Å². The first kappa shape index (κ1) is 16.4. The van der Waals surface area contributed by atoms with Gasteiger partial charge >= 0.3 is 0 Å². The molecule has 0 bridgehead atoms. The van der Waals surface area contributed by atoms with Gasteiger partial charge in [-0.15, -0.1) is 0 Å². The van der Waals surface area contributed by atoms with Gasteiger partial charge < -0.3 is 10.4 Å². The molecule has 2 aliphatic rings. The minimum atomic E-state index is -0.914. The SMILES string of the molecule is O=C(CC1(O)CCCCC1)NCC1(c2c(F)cccc2F)CC1. The Morgan fingerprint density at radius 1 is 1.09 bits per heavy atom. The maximum atomic E-state index is 14.0. The third kappa shape index (κ3) is 3.55. The molecule has 0 atom stereocenters. The summed E-state index contributed by atoms with van der Waals surface area (Å²) in [6.45, 7) is 0.222. The van der Waals surface area contributed by atoms with E-state index in [1.165, 1.54) is 18.2 Å². The summed E-state index contributed by atoms with van der Waals surface area (Å²) >= 11 is 0. The van der Waals surface area contributed by atoms with Crippen LogP contribution in [-0.2, 0) is 10.2 Å². The van der Waals surface area contributed by atoms with Crippen molar-refractivity contribution in [1.29, 1.82) is 0 Å². The number of carbonyl (C=O) groups is 1. The van der Waals surface area contributed by atoms with Crippen LogP contribution in [0.2, 0.25) is 0 Å². The van der Waals surface area contributed by atoms with E-state index in [9.17, 15) is 18.7 Å². The summed E-state index contributed by atoms with van der Waals surface area (Å²) in [6, 6.07) is 3.86.